The molecular weight excluding hydrogens is 2200 g/mol. The van der Waals surface area contributed by atoms with Gasteiger partial charge < -0.3 is 82.7 Å². The molecule has 0 aromatic heterocycles. The summed E-state index contributed by atoms with van der Waals surface area (Å²) in [6.07, 6.45) is 5.29. The first-order valence-corrected chi connectivity index (χ1v) is 40.6. The Labute approximate surface area is 778 Å². The molecule has 3 aromatic carbocycles. The molecule has 113 heavy (non-hydrogen) atoms. The molecule has 623 valence electrons. The monoisotopic (exact) mass is 2290 g/mol. The van der Waals surface area contributed by atoms with Gasteiger partial charge in [0.25, 0.3) is 5.91 Å². The van der Waals surface area contributed by atoms with E-state index in [1.165, 1.54) is 25.7 Å². The molecule has 5 heterocycles. The van der Waals surface area contributed by atoms with Gasteiger partial charge in [0, 0.05) is 69.5 Å². The fraction of sp³-hybridized carbons (Fsp3) is 0.500. The van der Waals surface area contributed by atoms with Crippen LogP contribution >= 0.6 is 173 Å². The van der Waals surface area contributed by atoms with Gasteiger partial charge >= 0.3 is 84.2 Å². The van der Waals surface area contributed by atoms with E-state index in [-0.39, 0.29) is 110 Å². The largest absolute Gasteiger partial charge is 1.00 e. The number of esters is 1. The van der Waals surface area contributed by atoms with E-state index in [0.29, 0.717) is 66.1 Å². The predicted molar refractivity (Wildman–Crippen MR) is 474 cm³/mol. The van der Waals surface area contributed by atoms with Crippen molar-refractivity contribution in [3.05, 3.63) is 139 Å². The smallest absolute Gasteiger partial charge is 0.398 e. The van der Waals surface area contributed by atoms with Crippen LogP contribution in [0.3, 0.4) is 0 Å². The maximum Gasteiger partial charge on any atom is 1.00 e. The van der Waals surface area contributed by atoms with Crippen molar-refractivity contribution in [2.75, 3.05) is 60.4 Å². The maximum atomic E-state index is 11.9. The summed E-state index contributed by atoms with van der Waals surface area (Å²) in [5.41, 5.74) is 9.49. The van der Waals surface area contributed by atoms with Crippen LogP contribution in [0.4, 0.5) is 27.1 Å². The van der Waals surface area contributed by atoms with Gasteiger partial charge in [-0.05, 0) is 246 Å². The van der Waals surface area contributed by atoms with Gasteiger partial charge in [0.2, 0.25) is 11.1 Å². The average molecular weight is 2300 g/mol. The summed E-state index contributed by atoms with van der Waals surface area (Å²) >= 11 is 26.5. The third kappa shape index (κ3) is 44.9. The van der Waals surface area contributed by atoms with Crippen LogP contribution in [0.1, 0.15) is 116 Å². The number of hydrogen-bond acceptors (Lipinski definition) is 21. The maximum absolute atomic E-state index is 11.9. The zero-order chi connectivity index (χ0) is 88.2. The number of thiol groups is 1. The molecule has 2 amide bonds. The number of ether oxygens (including phenoxy) is 2. The van der Waals surface area contributed by atoms with Gasteiger partial charge in [-0.15, -0.1) is 17.0 Å². The van der Waals surface area contributed by atoms with Crippen LogP contribution in [0.2, 0.25) is 0 Å². The number of nitrogens with zero attached hydrogens (tertiary/aromatic N) is 7. The standard InChI is InChI=1S/C13H13BrINO2.C13H12INO2.C9H12BrNO3.C9H13NO3.C8H7IN2.C5H9NO2.2C4H7BrO3.C4H5ClO.CH3F.BHNS.BrH.H3N2O.Na/c1-8-4-9(10(15)6-11(8)16-3)5-12(17)13(2,18)7-14;1-8-4-9(10(14)6-11(8)15-3)5-12(16)13(2)7-17-13;1-9(5-10)8(13)11-4-2-3-6(11)7(12)14-9;1-6(2)8(11)10-5-3-4-7(10)9(12)13;1-5-3-7(10)6(9)4-8(5)11-2;7-5(8)4-2-1-3-6-4;2*1-4(8,2-5)3(6)7;1-3(2)4(5)6;1-2;1-2-3;;1-2-3;/h4,6,18H,5,7H2,1-2H3;4,6H,5,7H2,1-2H3;6H,2-5H2,1H3;7H,1,3-5H2,2H3,(H,12,13);3-4H,10H2,1H3;4,6H,1-3H2,(H,7,8);2*8H,2H2,1H3,(H,6,7);1H2,2H3;1H3;3H;1H;3H,1H2;/q;;;;;;;;;;;;-1;+1/t2*13-;6-,9+;7-;;3*4-;;;;;;/m0011.100....../s1/i;;;;;;;;;1D;;;;. The van der Waals surface area contributed by atoms with Gasteiger partial charge in [-0.25, -0.2) is 33.7 Å². The number of rotatable bonds is 16. The molecule has 13 N–H and O–H groups in total. The molecule has 5 fully saturated rings. The molecule has 5 aliphatic heterocycles. The number of anilines is 1. The van der Waals surface area contributed by atoms with Crippen LogP contribution in [-0.4, -0.2) is 218 Å². The minimum atomic E-state index is -1.62. The predicted octanol–water partition coefficient (Wildman–Crippen LogP) is 10.1. The number of amides is 2. The Balaban J connectivity index is -0.000000288. The molecule has 3 aromatic rings. The van der Waals surface area contributed by atoms with Crippen molar-refractivity contribution in [2.45, 2.75) is 167 Å². The van der Waals surface area contributed by atoms with Crippen LogP contribution in [-0.2, 0) is 70.3 Å². The number of cyclic esters (lactones) is 1. The van der Waals surface area contributed by atoms with E-state index in [9.17, 15) is 57.4 Å². The normalized spacial score (nSPS) is 18.8. The van der Waals surface area contributed by atoms with Crippen molar-refractivity contribution in [3.8, 4) is 0 Å². The van der Waals surface area contributed by atoms with Gasteiger partial charge in [0.05, 0.1) is 40.2 Å². The summed E-state index contributed by atoms with van der Waals surface area (Å²) in [5, 5.41) is 70.9. The van der Waals surface area contributed by atoms with Crippen LogP contribution in [0, 0.1) is 51.2 Å². The number of allylic oxidation sites excluding steroid dienone is 1. The number of morpholine rings is 1. The average Bonchev–Trinajstić information content (AvgIpc) is 1.54. The van der Waals surface area contributed by atoms with E-state index < -0.39 is 70.3 Å². The minimum absolute atomic E-state index is 0. The fourth-order valence-electron chi connectivity index (χ4n) is 8.35. The van der Waals surface area contributed by atoms with Crippen molar-refractivity contribution in [1.82, 2.24) is 15.1 Å². The summed E-state index contributed by atoms with van der Waals surface area (Å²) < 4.78 is 31.3. The number of nitrogens with two attached hydrogens (primary N) is 2. The number of fused-ring (bicyclic) bond motifs is 1. The van der Waals surface area contributed by atoms with E-state index >= 15 is 0 Å². The first-order chi connectivity index (χ1) is 51.7. The number of halogens is 10. The van der Waals surface area contributed by atoms with E-state index in [1.807, 2.05) is 57.5 Å². The molecule has 0 aliphatic carbocycles. The second kappa shape index (κ2) is 60.8. The number of aliphatic hydroxyl groups is 3. The number of epoxide rings is 1. The molecule has 30 nitrogen and oxygen atoms in total. The van der Waals surface area contributed by atoms with Crippen molar-refractivity contribution >= 4 is 262 Å². The third-order valence-corrected chi connectivity index (χ3v) is 22.9. The molecule has 5 aliphatic rings. The molecule has 43 heteroatoms. The number of aliphatic carboxylic acids is 4. The summed E-state index contributed by atoms with van der Waals surface area (Å²) in [7, 11) is 3.34. The minimum Gasteiger partial charge on any atom is -0.398 e. The molecule has 8 atom stereocenters. The Bertz CT molecular complexity index is 3850. The topological polar surface area (TPSA) is 464 Å². The molecule has 8 rings (SSSR count). The number of nitrogens with one attached hydrogen (secondary N) is 1. The summed E-state index contributed by atoms with van der Waals surface area (Å²) in [6.45, 7) is 46.5. The Morgan fingerprint density at radius 1 is 0.770 bits per heavy atom. The Hall–Kier alpha value is -3.59. The quantitative estimate of drug-likeness (QED) is 0.00515. The number of Topliss-reactive ketones (excluding diaryl/α,β-unsaturated/α-hetero) is 2. The van der Waals surface area contributed by atoms with Crippen LogP contribution in [0.15, 0.2) is 65.0 Å². The number of likely N-dealkylation sites (tertiary alicyclic amines) is 1. The molecular formula is C70H93BBr5ClFI3N10NaO20S. The SMILES string of the molecule is Br.C=C(C)C(=O)Cl.C=C(C)C(=O)N1CCC[C@@H]1C(=O)O.C[C@@]1(CBr)OC(=O)[C@H]2CCCN2C1=O.C[C@](O)(CBr)C(=O)O.C[C@](O)(CBr)C(=O)O.N[N-]O.O=C(O)[C@H]1CCCN1.[2H]CF.[B]=NS.[C-]#[N+]c1cc(I)c(CC(=O)[C@@](C)(O)CBr)cc1C.[C-]#[N+]c1cc(I)c(CC(=O)[C@]2(C)CO2)cc1C.[C-]#[N+]c1cc(I)c(N)cc1C.[Na+]. The van der Waals surface area contributed by atoms with Crippen LogP contribution in [0.25, 0.3) is 20.1 Å². The van der Waals surface area contributed by atoms with Gasteiger partial charge in [-0.3, -0.25) is 33.2 Å². The Kier molecular flexibility index (Phi) is 63.5. The number of carboxylic acids is 4. The number of ketones is 2. The summed E-state index contributed by atoms with van der Waals surface area (Å²) in [4.78, 5) is 123. The first kappa shape index (κ1) is 118. The van der Waals surface area contributed by atoms with Crippen molar-refractivity contribution in [3.63, 3.8) is 0 Å². The molecule has 0 bridgehead atoms. The van der Waals surface area contributed by atoms with Gasteiger partial charge in [-0.1, -0.05) is 89.0 Å². The second-order valence-electron chi connectivity index (χ2n) is 25.0. The molecule has 5 saturated heterocycles. The number of carbonyl (C=O) groups excluding carboxylic acids is 6. The summed E-state index contributed by atoms with van der Waals surface area (Å²) in [6, 6.07) is 9.77. The van der Waals surface area contributed by atoms with Gasteiger partial charge in [0.15, 0.2) is 45.4 Å². The van der Waals surface area contributed by atoms with E-state index in [4.69, 9.17) is 83.7 Å². The number of aryl methyl sites for hydroxylation is 3. The number of hydrogen-bond donors (Lipinski definition) is 12. The van der Waals surface area contributed by atoms with Crippen molar-refractivity contribution in [1.29, 1.82) is 0 Å². The second-order valence-corrected chi connectivity index (χ2v) is 31.3. The van der Waals surface area contributed by atoms with Crippen LogP contribution < -0.4 is 46.5 Å². The molecule has 0 unspecified atom stereocenters. The number of benzene rings is 3. The van der Waals surface area contributed by atoms with E-state index in [1.54, 1.807) is 37.8 Å². The van der Waals surface area contributed by atoms with Gasteiger partial charge in [0.1, 0.15) is 29.3 Å². The van der Waals surface area contributed by atoms with Crippen molar-refractivity contribution < 1.29 is 134 Å². The first-order valence-electron chi connectivity index (χ1n) is 32.8. The van der Waals surface area contributed by atoms with Crippen molar-refractivity contribution in [2.24, 2.45) is 10.1 Å². The van der Waals surface area contributed by atoms with Crippen LogP contribution in [0.5, 0.6) is 0 Å². The van der Waals surface area contributed by atoms with E-state index in [0.717, 1.165) is 82.9 Å². The number of carboxylic acid groups (broad SMARTS) is 4. The number of alkyl halides is 5. The summed E-state index contributed by atoms with van der Waals surface area (Å²) in [5.74, 6) is -0.735. The third-order valence-electron chi connectivity index (χ3n) is 15.3. The molecule has 1 radical (unpaired) electrons. The van der Waals surface area contributed by atoms with Gasteiger partial charge in [-0.2, -0.15) is 0 Å². The Morgan fingerprint density at radius 2 is 1.16 bits per heavy atom. The molecule has 0 spiro atoms. The molecule has 0 saturated carbocycles. The number of carbonyl (C=O) groups is 10. The Morgan fingerprint density at radius 3 is 1.47 bits per heavy atom. The zero-order valence-corrected chi connectivity index (χ0v) is 81.9. The van der Waals surface area contributed by atoms with E-state index in [2.05, 4.69) is 195 Å². The fourth-order valence-corrected chi connectivity index (χ4v) is 11.2. The zero-order valence-electron chi connectivity index (χ0n) is 64.7. The number of nitrogen functional groups attached to an aromatic ring is 1.